The normalized spacial score (nSPS) is 10.6. The fourth-order valence-electron chi connectivity index (χ4n) is 2.17. The molecule has 5 N–H and O–H groups in total. The van der Waals surface area contributed by atoms with Gasteiger partial charge in [-0.3, -0.25) is 20.2 Å². The molecule has 2 aromatic carbocycles. The molecule has 170 valence electrons. The van der Waals surface area contributed by atoms with Crippen LogP contribution in [-0.2, 0) is 6.18 Å². The summed E-state index contributed by atoms with van der Waals surface area (Å²) >= 11 is 0. The van der Waals surface area contributed by atoms with E-state index in [1.54, 1.807) is 0 Å². The van der Waals surface area contributed by atoms with Crippen LogP contribution < -0.4 is 10.6 Å². The second kappa shape index (κ2) is 11.5. The summed E-state index contributed by atoms with van der Waals surface area (Å²) in [5, 5.41) is 52.4. The minimum absolute atomic E-state index is 0.0200. The molecule has 2 aromatic rings. The Bertz CT molecular complexity index is 910. The lowest BCUT2D eigenvalue weighted by atomic mass is 10.1. The molecule has 0 fully saturated rings. The number of rotatable bonds is 8. The Morgan fingerprint density at radius 3 is 1.87 bits per heavy atom. The van der Waals surface area contributed by atoms with Crippen LogP contribution in [0.3, 0.4) is 0 Å². The van der Waals surface area contributed by atoms with E-state index < -0.39 is 27.3 Å². The van der Waals surface area contributed by atoms with Crippen molar-refractivity contribution in [3.05, 3.63) is 62.2 Å². The first-order valence-electron chi connectivity index (χ1n) is 8.53. The minimum Gasteiger partial charge on any atom is -0.506 e. The van der Waals surface area contributed by atoms with E-state index in [4.69, 9.17) is 10.2 Å². The Morgan fingerprint density at radius 1 is 0.871 bits per heavy atom. The number of hydrogen-bond donors (Lipinski definition) is 5. The third kappa shape index (κ3) is 7.94. The second-order valence-corrected chi connectivity index (χ2v) is 5.75. The molecular weight excluding hydrogens is 429 g/mol. The molecule has 11 nitrogen and oxygen atoms in total. The van der Waals surface area contributed by atoms with E-state index >= 15 is 0 Å². The number of anilines is 2. The van der Waals surface area contributed by atoms with Crippen LogP contribution >= 0.6 is 0 Å². The lowest BCUT2D eigenvalue weighted by Gasteiger charge is -2.09. The van der Waals surface area contributed by atoms with Gasteiger partial charge in [0.15, 0.2) is 0 Å². The molecule has 0 unspecified atom stereocenters. The highest BCUT2D eigenvalue weighted by molar-refractivity contribution is 5.63. The number of nitro benzene ring substituents is 2. The van der Waals surface area contributed by atoms with Gasteiger partial charge in [0, 0.05) is 25.2 Å². The lowest BCUT2D eigenvalue weighted by Crippen LogP contribution is -2.10. The van der Waals surface area contributed by atoms with E-state index in [1.165, 1.54) is 12.1 Å². The van der Waals surface area contributed by atoms with Gasteiger partial charge in [-0.1, -0.05) is 0 Å². The van der Waals surface area contributed by atoms with Crippen molar-refractivity contribution in [2.75, 3.05) is 36.9 Å². The smallest absolute Gasteiger partial charge is 0.416 e. The maximum atomic E-state index is 12.3. The van der Waals surface area contributed by atoms with Crippen LogP contribution in [0.1, 0.15) is 5.56 Å². The van der Waals surface area contributed by atoms with Gasteiger partial charge in [-0.15, -0.1) is 0 Å². The van der Waals surface area contributed by atoms with Gasteiger partial charge < -0.3 is 26.0 Å². The minimum atomic E-state index is -4.62. The number of nitrogens with one attached hydrogen (secondary N) is 2. The zero-order chi connectivity index (χ0) is 23.6. The molecule has 0 radical (unpaired) electrons. The van der Waals surface area contributed by atoms with Gasteiger partial charge in [0.1, 0.15) is 11.4 Å². The number of non-ortho nitro benzene ring substituents is 1. The molecule has 0 aliphatic carbocycles. The number of aliphatic hydroxyl groups excluding tert-OH is 2. The molecule has 0 saturated heterocycles. The first-order valence-corrected chi connectivity index (χ1v) is 8.53. The van der Waals surface area contributed by atoms with Crippen LogP contribution in [0.15, 0.2) is 36.4 Å². The van der Waals surface area contributed by atoms with E-state index in [9.17, 15) is 38.5 Å². The Kier molecular flexibility index (Phi) is 9.43. The first-order chi connectivity index (χ1) is 14.5. The summed E-state index contributed by atoms with van der Waals surface area (Å²) in [4.78, 5) is 19.4. The predicted molar refractivity (Wildman–Crippen MR) is 104 cm³/mol. The number of halogens is 3. The second-order valence-electron chi connectivity index (χ2n) is 5.75. The number of phenolic OH excluding ortho intramolecular Hbond substituents is 1. The fourth-order valence-corrected chi connectivity index (χ4v) is 2.17. The van der Waals surface area contributed by atoms with Gasteiger partial charge in [0.25, 0.3) is 11.4 Å². The van der Waals surface area contributed by atoms with Crippen LogP contribution in [0.5, 0.6) is 5.75 Å². The summed E-state index contributed by atoms with van der Waals surface area (Å²) in [6, 6.07) is 5.89. The van der Waals surface area contributed by atoms with Gasteiger partial charge in [-0.05, 0) is 18.2 Å². The highest BCUT2D eigenvalue weighted by Crippen LogP contribution is 2.34. The molecular formula is C17H19F3N4O7. The lowest BCUT2D eigenvalue weighted by molar-refractivity contribution is -0.384. The topological polar surface area (TPSA) is 171 Å². The van der Waals surface area contributed by atoms with Gasteiger partial charge in [0.05, 0.1) is 40.4 Å². The first kappa shape index (κ1) is 25.4. The quantitative estimate of drug-likeness (QED) is 0.231. The monoisotopic (exact) mass is 448 g/mol. The van der Waals surface area contributed by atoms with E-state index in [0.717, 1.165) is 18.2 Å². The van der Waals surface area contributed by atoms with Crippen LogP contribution in [0.4, 0.5) is 35.9 Å². The zero-order valence-corrected chi connectivity index (χ0v) is 15.8. The fraction of sp³-hybridized carbons (Fsp3) is 0.294. The van der Waals surface area contributed by atoms with Crippen molar-refractivity contribution in [1.82, 2.24) is 0 Å². The summed E-state index contributed by atoms with van der Waals surface area (Å²) in [5.74, 6) is -0.201. The molecule has 0 aromatic heterocycles. The number of alkyl halides is 3. The van der Waals surface area contributed by atoms with Gasteiger partial charge in [-0.2, -0.15) is 13.2 Å². The molecule has 0 heterocycles. The number of nitro groups is 2. The number of benzene rings is 2. The van der Waals surface area contributed by atoms with Crippen molar-refractivity contribution >= 4 is 22.7 Å². The molecule has 0 amide bonds. The van der Waals surface area contributed by atoms with Crippen molar-refractivity contribution in [2.24, 2.45) is 0 Å². The number of nitrogens with zero attached hydrogens (tertiary/aromatic N) is 2. The molecule has 0 aliphatic rings. The van der Waals surface area contributed by atoms with Crippen molar-refractivity contribution in [1.29, 1.82) is 0 Å². The van der Waals surface area contributed by atoms with E-state index in [-0.39, 0.29) is 43.4 Å². The van der Waals surface area contributed by atoms with Crippen LogP contribution in [0.2, 0.25) is 0 Å². The van der Waals surface area contributed by atoms with Crippen molar-refractivity contribution < 1.29 is 38.3 Å². The van der Waals surface area contributed by atoms with E-state index in [1.807, 2.05) is 0 Å². The number of aliphatic hydroxyl groups is 2. The highest BCUT2D eigenvalue weighted by Gasteiger charge is 2.32. The molecule has 0 bridgehead atoms. The number of aromatic hydroxyl groups is 1. The van der Waals surface area contributed by atoms with Crippen LogP contribution in [-0.4, -0.2) is 51.5 Å². The number of hydrogen-bond acceptors (Lipinski definition) is 9. The molecule has 0 aliphatic heterocycles. The number of phenols is 1. The van der Waals surface area contributed by atoms with Crippen molar-refractivity contribution in [3.63, 3.8) is 0 Å². The average molecular weight is 448 g/mol. The summed E-state index contributed by atoms with van der Waals surface area (Å²) in [6.45, 7) is -0.0494. The predicted octanol–water partition coefficient (Wildman–Crippen LogP) is 2.72. The SMILES string of the molecule is O=[N+]([O-])c1cc(C(F)(F)F)ccc1NCCO.O=[N+]([O-])c1ccc(NCCO)c(O)c1. The largest absolute Gasteiger partial charge is 0.506 e. The molecule has 14 heteroatoms. The molecule has 2 rings (SSSR count). The Hall–Kier alpha value is -3.65. The Balaban J connectivity index is 0.000000316. The van der Waals surface area contributed by atoms with Crippen LogP contribution in [0, 0.1) is 20.2 Å². The molecule has 0 saturated carbocycles. The average Bonchev–Trinajstić information content (AvgIpc) is 2.70. The highest BCUT2D eigenvalue weighted by atomic mass is 19.4. The molecule has 0 atom stereocenters. The van der Waals surface area contributed by atoms with Gasteiger partial charge >= 0.3 is 6.18 Å². The van der Waals surface area contributed by atoms with E-state index in [2.05, 4.69) is 10.6 Å². The van der Waals surface area contributed by atoms with Gasteiger partial charge in [0.2, 0.25) is 0 Å². The summed E-state index contributed by atoms with van der Waals surface area (Å²) in [7, 11) is 0. The van der Waals surface area contributed by atoms with Crippen molar-refractivity contribution in [3.8, 4) is 5.75 Å². The summed E-state index contributed by atoms with van der Waals surface area (Å²) < 4.78 is 37.0. The Labute approximate surface area is 173 Å². The summed E-state index contributed by atoms with van der Waals surface area (Å²) in [6.07, 6.45) is -4.62. The van der Waals surface area contributed by atoms with Crippen LogP contribution in [0.25, 0.3) is 0 Å². The van der Waals surface area contributed by atoms with Crippen molar-refractivity contribution in [2.45, 2.75) is 6.18 Å². The van der Waals surface area contributed by atoms with Gasteiger partial charge in [-0.25, -0.2) is 0 Å². The standard InChI is InChI=1S/C9H9F3N2O3.C8H10N2O4/c10-9(11,12)6-1-2-7(13-3-4-15)8(5-6)14(16)17;11-4-3-9-7-2-1-6(10(13)14)5-8(7)12/h1-2,5,13,15H,3-4H2;1-2,5,9,11-12H,3-4H2. The third-order valence-electron chi connectivity index (χ3n) is 3.57. The molecule has 0 spiro atoms. The summed E-state index contributed by atoms with van der Waals surface area (Å²) in [5.41, 5.74) is -1.62. The molecule has 31 heavy (non-hydrogen) atoms. The maximum Gasteiger partial charge on any atom is 0.416 e. The zero-order valence-electron chi connectivity index (χ0n) is 15.8. The van der Waals surface area contributed by atoms with E-state index in [0.29, 0.717) is 11.8 Å². The third-order valence-corrected chi connectivity index (χ3v) is 3.57. The Morgan fingerprint density at radius 2 is 1.42 bits per heavy atom. The maximum absolute atomic E-state index is 12.3.